The molecule has 0 radical (unpaired) electrons. The van der Waals surface area contributed by atoms with Crippen LogP contribution in [-0.4, -0.2) is 29.0 Å². The van der Waals surface area contributed by atoms with Crippen LogP contribution in [0.2, 0.25) is 0 Å². The van der Waals surface area contributed by atoms with Crippen molar-refractivity contribution in [3.63, 3.8) is 0 Å². The molecule has 0 bridgehead atoms. The lowest BCUT2D eigenvalue weighted by Gasteiger charge is -2.16. The van der Waals surface area contributed by atoms with Crippen LogP contribution >= 0.6 is 7.60 Å². The maximum absolute atomic E-state index is 12.4. The lowest BCUT2D eigenvalue weighted by Crippen LogP contribution is -2.31. The average molecular weight is 325 g/mol. The van der Waals surface area contributed by atoms with Crippen LogP contribution in [-0.2, 0) is 20.0 Å². The summed E-state index contributed by atoms with van der Waals surface area (Å²) < 4.78 is 23.9. The smallest absolute Gasteiger partial charge is 0.331 e. The molecule has 0 spiro atoms. The SMILES string of the molecule is CCOP(=O)(CCc1nc2ccccc2n(N)c1=O)OCC. The number of nitrogen functional groups attached to an aromatic ring is 1. The van der Waals surface area contributed by atoms with Crippen molar-refractivity contribution in [3.8, 4) is 0 Å². The molecule has 0 atom stereocenters. The van der Waals surface area contributed by atoms with E-state index in [0.717, 1.165) is 4.68 Å². The number of para-hydroxylation sites is 2. The minimum atomic E-state index is -3.21. The molecule has 1 aromatic heterocycles. The van der Waals surface area contributed by atoms with Crippen LogP contribution in [0.3, 0.4) is 0 Å². The van der Waals surface area contributed by atoms with Gasteiger partial charge in [-0.2, -0.15) is 0 Å². The fraction of sp³-hybridized carbons (Fsp3) is 0.429. The molecule has 0 unspecified atom stereocenters. The van der Waals surface area contributed by atoms with E-state index in [0.29, 0.717) is 11.0 Å². The highest BCUT2D eigenvalue weighted by Gasteiger charge is 2.24. The zero-order valence-electron chi connectivity index (χ0n) is 12.7. The minimum absolute atomic E-state index is 0.0925. The first-order valence-electron chi connectivity index (χ1n) is 7.14. The van der Waals surface area contributed by atoms with E-state index in [1.165, 1.54) is 0 Å². The van der Waals surface area contributed by atoms with E-state index in [1.54, 1.807) is 32.0 Å². The van der Waals surface area contributed by atoms with Crippen LogP contribution in [0.15, 0.2) is 29.1 Å². The van der Waals surface area contributed by atoms with Gasteiger partial charge in [0, 0.05) is 6.42 Å². The number of nitrogens with zero attached hydrogens (tertiary/aromatic N) is 2. The third kappa shape index (κ3) is 3.55. The van der Waals surface area contributed by atoms with Gasteiger partial charge in [0.05, 0.1) is 30.4 Å². The van der Waals surface area contributed by atoms with Crippen LogP contribution in [0.25, 0.3) is 11.0 Å². The molecule has 2 aromatic rings. The molecule has 8 heteroatoms. The topological polar surface area (TPSA) is 96.4 Å². The van der Waals surface area contributed by atoms with E-state index in [1.807, 2.05) is 6.07 Å². The van der Waals surface area contributed by atoms with E-state index in [9.17, 15) is 9.36 Å². The van der Waals surface area contributed by atoms with Gasteiger partial charge >= 0.3 is 7.60 Å². The maximum atomic E-state index is 12.4. The number of rotatable bonds is 7. The first kappa shape index (κ1) is 16.7. The summed E-state index contributed by atoms with van der Waals surface area (Å²) in [5, 5.41) is 0. The molecule has 1 heterocycles. The molecular formula is C14H20N3O4P. The quantitative estimate of drug-likeness (QED) is 0.617. The number of benzene rings is 1. The Labute approximate surface area is 128 Å². The number of nitrogens with two attached hydrogens (primary N) is 1. The third-order valence-corrected chi connectivity index (χ3v) is 5.21. The number of aromatic nitrogens is 2. The second-order valence-electron chi connectivity index (χ2n) is 4.64. The number of aryl methyl sites for hydroxylation is 1. The Morgan fingerprint density at radius 2 is 1.86 bits per heavy atom. The van der Waals surface area contributed by atoms with Gasteiger partial charge in [0.15, 0.2) is 0 Å². The first-order chi connectivity index (χ1) is 10.5. The van der Waals surface area contributed by atoms with Gasteiger partial charge in [0.2, 0.25) is 0 Å². The zero-order valence-corrected chi connectivity index (χ0v) is 13.6. The van der Waals surface area contributed by atoms with Gasteiger partial charge in [-0.15, -0.1) is 0 Å². The molecule has 2 rings (SSSR count). The van der Waals surface area contributed by atoms with Crippen molar-refractivity contribution in [2.75, 3.05) is 25.2 Å². The molecule has 1 aromatic carbocycles. The van der Waals surface area contributed by atoms with Crippen molar-refractivity contribution in [3.05, 3.63) is 40.3 Å². The molecule has 0 saturated heterocycles. The monoisotopic (exact) mass is 325 g/mol. The van der Waals surface area contributed by atoms with Crippen molar-refractivity contribution in [1.29, 1.82) is 0 Å². The highest BCUT2D eigenvalue weighted by molar-refractivity contribution is 7.53. The van der Waals surface area contributed by atoms with Gasteiger partial charge < -0.3 is 14.9 Å². The highest BCUT2D eigenvalue weighted by atomic mass is 31.2. The van der Waals surface area contributed by atoms with Gasteiger partial charge in [0.1, 0.15) is 5.69 Å². The molecule has 7 nitrogen and oxygen atoms in total. The van der Waals surface area contributed by atoms with Gasteiger partial charge in [0.25, 0.3) is 5.56 Å². The lowest BCUT2D eigenvalue weighted by molar-refractivity contribution is 0.220. The van der Waals surface area contributed by atoms with Crippen LogP contribution in [0.4, 0.5) is 0 Å². The first-order valence-corrected chi connectivity index (χ1v) is 8.87. The lowest BCUT2D eigenvalue weighted by atomic mass is 10.2. The number of fused-ring (bicyclic) bond motifs is 1. The molecule has 0 aliphatic rings. The van der Waals surface area contributed by atoms with Crippen molar-refractivity contribution in [1.82, 2.24) is 9.66 Å². The molecule has 0 aliphatic carbocycles. The molecule has 22 heavy (non-hydrogen) atoms. The van der Waals surface area contributed by atoms with E-state index in [4.69, 9.17) is 14.9 Å². The Morgan fingerprint density at radius 1 is 1.23 bits per heavy atom. The van der Waals surface area contributed by atoms with Crippen molar-refractivity contribution < 1.29 is 13.6 Å². The summed E-state index contributed by atoms with van der Waals surface area (Å²) in [5.74, 6) is 5.81. The summed E-state index contributed by atoms with van der Waals surface area (Å²) in [7, 11) is -3.21. The van der Waals surface area contributed by atoms with E-state index in [2.05, 4.69) is 4.98 Å². The molecular weight excluding hydrogens is 305 g/mol. The summed E-state index contributed by atoms with van der Waals surface area (Å²) >= 11 is 0. The van der Waals surface area contributed by atoms with Gasteiger partial charge in [-0.3, -0.25) is 9.36 Å². The van der Waals surface area contributed by atoms with Crippen LogP contribution in [0.1, 0.15) is 19.5 Å². The molecule has 0 amide bonds. The number of hydrogen-bond acceptors (Lipinski definition) is 6. The van der Waals surface area contributed by atoms with Crippen molar-refractivity contribution in [2.45, 2.75) is 20.3 Å². The largest absolute Gasteiger partial charge is 0.336 e. The molecule has 0 saturated carbocycles. The molecule has 2 N–H and O–H groups in total. The van der Waals surface area contributed by atoms with Crippen LogP contribution in [0.5, 0.6) is 0 Å². The standard InChI is InChI=1S/C14H20N3O4P/c1-3-20-22(19,21-4-2)10-9-12-14(18)17(15)13-8-6-5-7-11(13)16-12/h5-8H,3-4,9-10,15H2,1-2H3. The third-order valence-electron chi connectivity index (χ3n) is 3.14. The maximum Gasteiger partial charge on any atom is 0.331 e. The molecule has 0 fully saturated rings. The summed E-state index contributed by atoms with van der Waals surface area (Å²) in [4.78, 5) is 16.5. The summed E-state index contributed by atoms with van der Waals surface area (Å²) in [6.07, 6.45) is 0.271. The van der Waals surface area contributed by atoms with Gasteiger partial charge in [-0.1, -0.05) is 12.1 Å². The molecule has 0 aliphatic heterocycles. The van der Waals surface area contributed by atoms with Gasteiger partial charge in [-0.05, 0) is 26.0 Å². The summed E-state index contributed by atoms with van der Waals surface area (Å²) in [6.45, 7) is 4.05. The Kier molecular flexibility index (Phi) is 5.34. The van der Waals surface area contributed by atoms with Crippen LogP contribution < -0.4 is 11.4 Å². The van der Waals surface area contributed by atoms with Gasteiger partial charge in [-0.25, -0.2) is 9.66 Å². The number of hydrogen-bond donors (Lipinski definition) is 1. The molecule has 120 valence electrons. The second kappa shape index (κ2) is 7.05. The fourth-order valence-electron chi connectivity index (χ4n) is 2.17. The summed E-state index contributed by atoms with van der Waals surface area (Å²) in [5.41, 5.74) is 1.01. The second-order valence-corrected chi connectivity index (χ2v) is 6.83. The predicted octanol–water partition coefficient (Wildman–Crippen LogP) is 1.92. The predicted molar refractivity (Wildman–Crippen MR) is 85.6 cm³/mol. The minimum Gasteiger partial charge on any atom is -0.336 e. The zero-order chi connectivity index (χ0) is 16.2. The Hall–Kier alpha value is -1.69. The Balaban J connectivity index is 2.30. The Morgan fingerprint density at radius 3 is 2.50 bits per heavy atom. The summed E-state index contributed by atoms with van der Waals surface area (Å²) in [6, 6.07) is 7.09. The fourth-order valence-corrected chi connectivity index (χ4v) is 3.77. The van der Waals surface area contributed by atoms with Crippen LogP contribution in [0, 0.1) is 0 Å². The van der Waals surface area contributed by atoms with E-state index < -0.39 is 13.2 Å². The average Bonchev–Trinajstić information content (AvgIpc) is 2.50. The normalized spacial score (nSPS) is 11.9. The van der Waals surface area contributed by atoms with Crippen molar-refractivity contribution in [2.24, 2.45) is 0 Å². The Bertz CT molecular complexity index is 749. The van der Waals surface area contributed by atoms with Crippen molar-refractivity contribution >= 4 is 18.6 Å². The van der Waals surface area contributed by atoms with E-state index >= 15 is 0 Å². The van der Waals surface area contributed by atoms with E-state index in [-0.39, 0.29) is 31.5 Å². The highest BCUT2D eigenvalue weighted by Crippen LogP contribution is 2.48.